The molecule has 1 N–H and O–H groups in total. The molecule has 0 spiro atoms. The van der Waals surface area contributed by atoms with Gasteiger partial charge < -0.3 is 5.11 Å². The van der Waals surface area contributed by atoms with Crippen molar-refractivity contribution in [3.63, 3.8) is 0 Å². The molecule has 0 atom stereocenters. The van der Waals surface area contributed by atoms with E-state index < -0.39 is 0 Å². The summed E-state index contributed by atoms with van der Waals surface area (Å²) in [4.78, 5) is 10.6. The van der Waals surface area contributed by atoms with E-state index in [4.69, 9.17) is 9.97 Å². The van der Waals surface area contributed by atoms with Crippen LogP contribution in [0.4, 0.5) is 0 Å². The van der Waals surface area contributed by atoms with E-state index >= 15 is 0 Å². The molecule has 2 aromatic heterocycles. The van der Waals surface area contributed by atoms with Crippen LogP contribution < -0.4 is 0 Å². The second-order valence-electron chi connectivity index (χ2n) is 19.6. The molecule has 10 aromatic rings. The number of hydrogen-bond acceptors (Lipinski definition) is 3. The Labute approximate surface area is 401 Å². The van der Waals surface area contributed by atoms with Crippen molar-refractivity contribution in [2.45, 2.75) is 65.7 Å². The number of imidazole rings is 1. The van der Waals surface area contributed by atoms with E-state index in [1.807, 2.05) is 12.3 Å². The summed E-state index contributed by atoms with van der Waals surface area (Å²) in [5, 5.41) is 12.3. The van der Waals surface area contributed by atoms with Gasteiger partial charge in [0.2, 0.25) is 0 Å². The Morgan fingerprint density at radius 1 is 0.456 bits per heavy atom. The predicted octanol–water partition coefficient (Wildman–Crippen LogP) is 17.3. The van der Waals surface area contributed by atoms with Crippen LogP contribution in [0.1, 0.15) is 77.0 Å². The monoisotopic (exact) mass is 883 g/mol. The first-order valence-corrected chi connectivity index (χ1v) is 23.8. The van der Waals surface area contributed by atoms with Crippen molar-refractivity contribution in [2.24, 2.45) is 0 Å². The number of hydrogen-bond donors (Lipinski definition) is 1. The average Bonchev–Trinajstić information content (AvgIpc) is 3.76. The van der Waals surface area contributed by atoms with E-state index in [1.165, 1.54) is 27.8 Å². The van der Waals surface area contributed by atoms with Crippen LogP contribution in [0.5, 0.6) is 5.75 Å². The lowest BCUT2D eigenvalue weighted by molar-refractivity contribution is 0.466. The number of rotatable bonds is 10. The Morgan fingerprint density at radius 3 is 1.68 bits per heavy atom. The highest BCUT2D eigenvalue weighted by atomic mass is 16.3. The third-order valence-corrected chi connectivity index (χ3v) is 13.3. The number of fused-ring (bicyclic) bond motifs is 1. The summed E-state index contributed by atoms with van der Waals surface area (Å²) >= 11 is 0. The zero-order valence-electron chi connectivity index (χ0n) is 40.0. The lowest BCUT2D eigenvalue weighted by atomic mass is 9.81. The Balaban J connectivity index is 1.19. The lowest BCUT2D eigenvalue weighted by Crippen LogP contribution is -2.14. The summed E-state index contributed by atoms with van der Waals surface area (Å²) in [7, 11) is 0. The highest BCUT2D eigenvalue weighted by molar-refractivity contribution is 5.98. The van der Waals surface area contributed by atoms with Crippen LogP contribution >= 0.6 is 0 Å². The molecule has 4 heteroatoms. The summed E-state index contributed by atoms with van der Waals surface area (Å²) in [5.41, 5.74) is 19.8. The second kappa shape index (κ2) is 18.1. The molecule has 68 heavy (non-hydrogen) atoms. The van der Waals surface area contributed by atoms with Crippen molar-refractivity contribution in [3.05, 3.63) is 217 Å². The van der Waals surface area contributed by atoms with Gasteiger partial charge in [0, 0.05) is 23.0 Å². The molecule has 10 rings (SSSR count). The number of pyridine rings is 1. The average molecular weight is 884 g/mol. The molecule has 0 radical (unpaired) electrons. The van der Waals surface area contributed by atoms with Crippen molar-refractivity contribution in [1.29, 1.82) is 0 Å². The molecule has 0 fully saturated rings. The topological polar surface area (TPSA) is 50.9 Å². The zero-order valence-corrected chi connectivity index (χ0v) is 40.0. The van der Waals surface area contributed by atoms with Gasteiger partial charge in [-0.15, -0.1) is 0 Å². The van der Waals surface area contributed by atoms with E-state index in [1.54, 1.807) is 0 Å². The number of aromatic nitrogens is 3. The third-order valence-electron chi connectivity index (χ3n) is 13.3. The molecule has 0 bridgehead atoms. The molecule has 2 heterocycles. The fraction of sp³-hybridized carbons (Fsp3) is 0.156. The molecule has 4 nitrogen and oxygen atoms in total. The van der Waals surface area contributed by atoms with E-state index in [0.29, 0.717) is 5.82 Å². The third kappa shape index (κ3) is 8.55. The highest BCUT2D eigenvalue weighted by Gasteiger charge is 2.26. The smallest absolute Gasteiger partial charge is 0.149 e. The predicted molar refractivity (Wildman–Crippen MR) is 285 cm³/mol. The van der Waals surface area contributed by atoms with Crippen LogP contribution in [0.15, 0.2) is 200 Å². The van der Waals surface area contributed by atoms with Gasteiger partial charge in [-0.2, -0.15) is 0 Å². The van der Waals surface area contributed by atoms with Crippen LogP contribution in [-0.4, -0.2) is 19.6 Å². The fourth-order valence-electron chi connectivity index (χ4n) is 9.54. The Bertz CT molecular complexity index is 3410. The van der Waals surface area contributed by atoms with Gasteiger partial charge in [0.1, 0.15) is 11.6 Å². The number of phenols is 1. The number of phenolic OH excluding ortho intramolecular Hbond substituents is 1. The first-order chi connectivity index (χ1) is 32.9. The van der Waals surface area contributed by atoms with Crippen LogP contribution in [0.3, 0.4) is 0 Å². The minimum atomic E-state index is -0.168. The summed E-state index contributed by atoms with van der Waals surface area (Å²) < 4.78 is 2.27. The van der Waals surface area contributed by atoms with Crippen molar-refractivity contribution in [2.75, 3.05) is 0 Å². The first kappa shape index (κ1) is 44.0. The lowest BCUT2D eigenvalue weighted by Gasteiger charge is -2.25. The minimum absolute atomic E-state index is 0.110. The maximum Gasteiger partial charge on any atom is 0.149 e. The summed E-state index contributed by atoms with van der Waals surface area (Å²) in [6.07, 6.45) is 1.91. The molecular weight excluding hydrogens is 827 g/mol. The van der Waals surface area contributed by atoms with Crippen molar-refractivity contribution < 1.29 is 5.11 Å². The van der Waals surface area contributed by atoms with Crippen molar-refractivity contribution >= 4 is 11.0 Å². The van der Waals surface area contributed by atoms with Gasteiger partial charge >= 0.3 is 0 Å². The van der Waals surface area contributed by atoms with Crippen LogP contribution in [0.2, 0.25) is 0 Å². The molecule has 8 aromatic carbocycles. The SMILES string of the molecule is CC(C)c1cc(-c2nc3c(-c4cc(-c5ccccc5)cc(-c5cc(-c6ccc(-c7ccccc7)cc6)ccn5)c4)cccc3n2-c2ccc(-c3ccccc3)c(C(C)(C)C)c2)c(O)c(C(C)C)c1. The van der Waals surface area contributed by atoms with Gasteiger partial charge in [0.05, 0.1) is 22.3 Å². The fourth-order valence-corrected chi connectivity index (χ4v) is 9.54. The molecule has 0 saturated heterocycles. The number of aromatic hydroxyl groups is 1. The second-order valence-corrected chi connectivity index (χ2v) is 19.6. The molecule has 0 unspecified atom stereocenters. The van der Waals surface area contributed by atoms with Gasteiger partial charge in [-0.25, -0.2) is 4.98 Å². The molecule has 0 saturated carbocycles. The number of para-hydroxylation sites is 1. The summed E-state index contributed by atoms with van der Waals surface area (Å²) in [6.45, 7) is 15.5. The largest absolute Gasteiger partial charge is 0.507 e. The minimum Gasteiger partial charge on any atom is -0.507 e. The van der Waals surface area contributed by atoms with Crippen LogP contribution in [-0.2, 0) is 5.41 Å². The first-order valence-electron chi connectivity index (χ1n) is 23.8. The van der Waals surface area contributed by atoms with Crippen molar-refractivity contribution in [3.8, 4) is 89.7 Å². The van der Waals surface area contributed by atoms with Gasteiger partial charge in [0.25, 0.3) is 0 Å². The molecule has 0 aliphatic carbocycles. The van der Waals surface area contributed by atoms with Gasteiger partial charge in [-0.05, 0) is 139 Å². The van der Waals surface area contributed by atoms with Gasteiger partial charge in [-0.3, -0.25) is 9.55 Å². The van der Waals surface area contributed by atoms with Gasteiger partial charge in [0.15, 0.2) is 0 Å². The standard InChI is InChI=1S/C64H57N3O/c1-41(2)49-37-56(42(3)4)62(68)57(38-49)63-66-61-55(24-17-25-60(61)67(63)53-30-31-54(47-22-15-10-16-23-47)58(40-53)64(5,6)7)51-34-50(44-20-13-9-14-21-44)35-52(36-51)59-39-48(32-33-65-59)46-28-26-45(27-29-46)43-18-11-8-12-19-43/h8-42,68H,1-7H3. The number of benzene rings is 8. The number of nitrogens with zero attached hydrogens (tertiary/aromatic N) is 3. The maximum atomic E-state index is 12.3. The van der Waals surface area contributed by atoms with E-state index in [2.05, 4.69) is 241 Å². The Hall–Kier alpha value is -7.82. The van der Waals surface area contributed by atoms with E-state index in [9.17, 15) is 5.11 Å². The Morgan fingerprint density at radius 2 is 1.04 bits per heavy atom. The quantitative estimate of drug-likeness (QED) is 0.149. The maximum absolute atomic E-state index is 12.3. The van der Waals surface area contributed by atoms with E-state index in [-0.39, 0.29) is 23.0 Å². The molecule has 0 aliphatic heterocycles. The normalized spacial score (nSPS) is 11.8. The molecular formula is C64H57N3O. The summed E-state index contributed by atoms with van der Waals surface area (Å²) in [6, 6.07) is 69.1. The Kier molecular flexibility index (Phi) is 11.7. The molecule has 334 valence electrons. The molecule has 0 amide bonds. The zero-order chi connectivity index (χ0) is 47.1. The molecule has 0 aliphatic rings. The van der Waals surface area contributed by atoms with Crippen LogP contribution in [0.25, 0.3) is 95.0 Å². The van der Waals surface area contributed by atoms with Crippen LogP contribution in [0, 0.1) is 0 Å². The van der Waals surface area contributed by atoms with E-state index in [0.717, 1.165) is 78.0 Å². The summed E-state index contributed by atoms with van der Waals surface area (Å²) in [5.74, 6) is 1.33. The highest BCUT2D eigenvalue weighted by Crippen LogP contribution is 2.44. The van der Waals surface area contributed by atoms with Crippen molar-refractivity contribution in [1.82, 2.24) is 14.5 Å². The van der Waals surface area contributed by atoms with Gasteiger partial charge in [-0.1, -0.05) is 188 Å².